The summed E-state index contributed by atoms with van der Waals surface area (Å²) >= 11 is 0. The van der Waals surface area contributed by atoms with Gasteiger partial charge in [-0.05, 0) is 84.8 Å². The molecule has 0 spiro atoms. The summed E-state index contributed by atoms with van der Waals surface area (Å²) in [5.41, 5.74) is 9.55. The molecule has 0 fully saturated rings. The molecule has 3 rings (SSSR count). The summed E-state index contributed by atoms with van der Waals surface area (Å²) in [6.07, 6.45) is 1.72. The topological polar surface area (TPSA) is 70.3 Å². The number of nitrogen functional groups attached to an aromatic ring is 1. The summed E-state index contributed by atoms with van der Waals surface area (Å²) in [4.78, 5) is 9.27. The van der Waals surface area contributed by atoms with Crippen molar-refractivity contribution in [1.29, 1.82) is 0 Å². The molecule has 0 bridgehead atoms. The number of benzene rings is 2. The van der Waals surface area contributed by atoms with Crippen molar-refractivity contribution < 1.29 is 8.85 Å². The van der Waals surface area contributed by atoms with Crippen LogP contribution in [0.3, 0.4) is 0 Å². The average molecular weight is 508 g/mol. The van der Waals surface area contributed by atoms with Crippen LogP contribution >= 0.6 is 0 Å². The van der Waals surface area contributed by atoms with Crippen LogP contribution in [0.15, 0.2) is 54.7 Å². The molecule has 0 radical (unpaired) electrons. The van der Waals surface area contributed by atoms with E-state index in [0.717, 1.165) is 28.3 Å². The highest BCUT2D eigenvalue weighted by Gasteiger charge is 2.39. The van der Waals surface area contributed by atoms with Gasteiger partial charge in [0.15, 0.2) is 0 Å². The summed E-state index contributed by atoms with van der Waals surface area (Å²) in [5, 5.41) is 0.287. The molecule has 35 heavy (non-hydrogen) atoms. The molecular weight excluding hydrogens is 466 g/mol. The van der Waals surface area contributed by atoms with Gasteiger partial charge in [0.25, 0.3) is 0 Å². The van der Waals surface area contributed by atoms with E-state index in [9.17, 15) is 0 Å². The lowest BCUT2D eigenvalue weighted by Crippen LogP contribution is -2.43. The Balaban J connectivity index is 1.83. The molecule has 5 nitrogen and oxygen atoms in total. The first-order chi connectivity index (χ1) is 16.0. The highest BCUT2D eigenvalue weighted by atomic mass is 28.4. The molecule has 3 aromatic rings. The first kappa shape index (κ1) is 26.9. The Morgan fingerprint density at radius 2 is 1.06 bits per heavy atom. The molecule has 0 saturated heterocycles. The average Bonchev–Trinajstić information content (AvgIpc) is 2.73. The Hall–Kier alpha value is -2.65. The van der Waals surface area contributed by atoms with E-state index >= 15 is 0 Å². The van der Waals surface area contributed by atoms with E-state index in [0.29, 0.717) is 11.5 Å². The number of nitrogens with two attached hydrogens (primary N) is 1. The van der Waals surface area contributed by atoms with E-state index in [1.165, 1.54) is 0 Å². The maximum atomic E-state index is 6.41. The molecule has 0 unspecified atom stereocenters. The van der Waals surface area contributed by atoms with Crippen molar-refractivity contribution in [3.05, 3.63) is 54.7 Å². The minimum atomic E-state index is -1.90. The number of nitrogens with zero attached hydrogens (tertiary/aromatic N) is 2. The molecule has 2 N–H and O–H groups in total. The zero-order valence-corrected chi connectivity index (χ0v) is 25.0. The fraction of sp³-hybridized carbons (Fsp3) is 0.429. The molecule has 1 heterocycles. The van der Waals surface area contributed by atoms with Gasteiger partial charge in [0.2, 0.25) is 16.6 Å². The smallest absolute Gasteiger partial charge is 0.250 e. The van der Waals surface area contributed by atoms with Crippen LogP contribution in [-0.4, -0.2) is 26.6 Å². The van der Waals surface area contributed by atoms with Gasteiger partial charge in [-0.25, -0.2) is 9.97 Å². The third-order valence-corrected chi connectivity index (χ3v) is 16.2. The monoisotopic (exact) mass is 507 g/mol. The van der Waals surface area contributed by atoms with Crippen molar-refractivity contribution in [2.24, 2.45) is 0 Å². The van der Waals surface area contributed by atoms with Crippen molar-refractivity contribution in [1.82, 2.24) is 9.97 Å². The number of rotatable bonds is 6. The van der Waals surface area contributed by atoms with Gasteiger partial charge in [-0.15, -0.1) is 0 Å². The van der Waals surface area contributed by atoms with Crippen LogP contribution in [0, 0.1) is 0 Å². The zero-order chi connectivity index (χ0) is 26.2. The van der Waals surface area contributed by atoms with Gasteiger partial charge in [0.05, 0.1) is 11.9 Å². The number of hydrogen-bond donors (Lipinski definition) is 1. The van der Waals surface area contributed by atoms with Crippen LogP contribution in [0.1, 0.15) is 41.5 Å². The Kier molecular flexibility index (Phi) is 7.26. The normalized spacial score (nSPS) is 13.0. The molecule has 0 saturated carbocycles. The molecule has 1 aromatic heterocycles. The SMILES string of the molecule is CC(C)(C)[Si](C)(C)Oc1ccc(-c2cnc(N)c(-c3ccc(O[Si](C)(C)C(C)(C)C)cc3)n2)cc1. The highest BCUT2D eigenvalue weighted by molar-refractivity contribution is 6.75. The molecular formula is C28H41N3O2Si2. The van der Waals surface area contributed by atoms with E-state index in [1.807, 2.05) is 48.5 Å². The first-order valence-electron chi connectivity index (χ1n) is 12.2. The maximum absolute atomic E-state index is 6.41. The Bertz CT molecular complexity index is 1160. The summed E-state index contributed by atoms with van der Waals surface area (Å²) in [5.74, 6) is 2.17. The maximum Gasteiger partial charge on any atom is 0.250 e. The van der Waals surface area contributed by atoms with E-state index in [-0.39, 0.29) is 10.1 Å². The van der Waals surface area contributed by atoms with Gasteiger partial charge in [-0.2, -0.15) is 0 Å². The van der Waals surface area contributed by atoms with Gasteiger partial charge in [0.1, 0.15) is 23.0 Å². The van der Waals surface area contributed by atoms with E-state index in [1.54, 1.807) is 6.20 Å². The second kappa shape index (κ2) is 9.43. The van der Waals surface area contributed by atoms with Gasteiger partial charge in [-0.1, -0.05) is 41.5 Å². The first-order valence-corrected chi connectivity index (χ1v) is 18.0. The summed E-state index contributed by atoms with van der Waals surface area (Å²) in [7, 11) is -3.78. The Morgan fingerprint density at radius 3 is 1.46 bits per heavy atom. The van der Waals surface area contributed by atoms with Crippen molar-refractivity contribution in [3.8, 4) is 34.0 Å². The van der Waals surface area contributed by atoms with Gasteiger partial charge in [-0.3, -0.25) is 0 Å². The predicted octanol–water partition coefficient (Wildman–Crippen LogP) is 8.16. The second-order valence-electron chi connectivity index (χ2n) is 12.3. The van der Waals surface area contributed by atoms with E-state index in [2.05, 4.69) is 72.7 Å². The number of aromatic nitrogens is 2. The highest BCUT2D eigenvalue weighted by Crippen LogP contribution is 2.39. The van der Waals surface area contributed by atoms with Crippen LogP contribution in [0.4, 0.5) is 5.82 Å². The second-order valence-corrected chi connectivity index (χ2v) is 21.7. The predicted molar refractivity (Wildman–Crippen MR) is 153 cm³/mol. The van der Waals surface area contributed by atoms with Crippen molar-refractivity contribution in [3.63, 3.8) is 0 Å². The number of hydrogen-bond acceptors (Lipinski definition) is 5. The molecule has 0 aliphatic carbocycles. The molecule has 0 amide bonds. The standard InChI is InChI=1S/C28H41N3O2Si2/c1-27(2,3)34(7,8)32-22-15-11-20(12-16-22)24-19-30-26(29)25(31-24)21-13-17-23(18-14-21)33-35(9,10)28(4,5)6/h11-19H,1-10H3,(H2,29,30). The Labute approximate surface area is 213 Å². The van der Waals surface area contributed by atoms with Crippen molar-refractivity contribution in [2.75, 3.05) is 5.73 Å². The van der Waals surface area contributed by atoms with Gasteiger partial charge in [0, 0.05) is 11.1 Å². The molecule has 0 aliphatic heterocycles. The van der Waals surface area contributed by atoms with Crippen LogP contribution in [0.2, 0.25) is 36.3 Å². The van der Waals surface area contributed by atoms with Gasteiger partial charge < -0.3 is 14.6 Å². The molecule has 188 valence electrons. The zero-order valence-electron chi connectivity index (χ0n) is 23.0. The minimum absolute atomic E-state index is 0.140. The van der Waals surface area contributed by atoms with E-state index in [4.69, 9.17) is 19.6 Å². The third-order valence-electron chi connectivity index (χ3n) is 7.44. The quantitative estimate of drug-likeness (QED) is 0.341. The minimum Gasteiger partial charge on any atom is -0.544 e. The van der Waals surface area contributed by atoms with Gasteiger partial charge >= 0.3 is 0 Å². The lowest BCUT2D eigenvalue weighted by Gasteiger charge is -2.36. The summed E-state index contributed by atoms with van der Waals surface area (Å²) < 4.78 is 12.8. The fourth-order valence-corrected chi connectivity index (χ4v) is 5.08. The lowest BCUT2D eigenvalue weighted by molar-refractivity contribution is 0.492. The van der Waals surface area contributed by atoms with Crippen LogP contribution < -0.4 is 14.6 Å². The largest absolute Gasteiger partial charge is 0.544 e. The molecule has 0 atom stereocenters. The lowest BCUT2D eigenvalue weighted by atomic mass is 10.1. The van der Waals surface area contributed by atoms with Crippen LogP contribution in [0.5, 0.6) is 11.5 Å². The summed E-state index contributed by atoms with van der Waals surface area (Å²) in [6.45, 7) is 22.4. The number of anilines is 1. The van der Waals surface area contributed by atoms with Crippen LogP contribution in [-0.2, 0) is 0 Å². The Morgan fingerprint density at radius 1 is 0.657 bits per heavy atom. The van der Waals surface area contributed by atoms with Crippen LogP contribution in [0.25, 0.3) is 22.5 Å². The summed E-state index contributed by atoms with van der Waals surface area (Å²) in [6, 6.07) is 16.1. The third kappa shape index (κ3) is 6.14. The van der Waals surface area contributed by atoms with Crippen molar-refractivity contribution in [2.45, 2.75) is 77.8 Å². The fourth-order valence-electron chi connectivity index (χ4n) is 3.02. The molecule has 7 heteroatoms. The van der Waals surface area contributed by atoms with Crippen molar-refractivity contribution >= 4 is 22.5 Å². The molecule has 2 aromatic carbocycles. The molecule has 0 aliphatic rings. The van der Waals surface area contributed by atoms with E-state index < -0.39 is 16.6 Å².